The van der Waals surface area contributed by atoms with E-state index in [1.54, 1.807) is 18.2 Å². The Labute approximate surface area is 113 Å². The van der Waals surface area contributed by atoms with Gasteiger partial charge in [-0.3, -0.25) is 10.1 Å². The van der Waals surface area contributed by atoms with Gasteiger partial charge < -0.3 is 0 Å². The number of nitro groups is 1. The SMILES string of the molecule is Cc1ccc(-c2ncnc(Cl)c2[N+](=O)[O-])cc1Cl. The second-order valence-electron chi connectivity index (χ2n) is 3.58. The minimum absolute atomic E-state index is 0.155. The predicted molar refractivity (Wildman–Crippen MR) is 68.9 cm³/mol. The van der Waals surface area contributed by atoms with Gasteiger partial charge in [0.25, 0.3) is 0 Å². The van der Waals surface area contributed by atoms with Crippen LogP contribution in [0.3, 0.4) is 0 Å². The summed E-state index contributed by atoms with van der Waals surface area (Å²) in [5.41, 5.74) is 1.24. The molecule has 18 heavy (non-hydrogen) atoms. The molecule has 2 aromatic rings. The number of rotatable bonds is 2. The van der Waals surface area contributed by atoms with Gasteiger partial charge in [-0.1, -0.05) is 35.3 Å². The zero-order chi connectivity index (χ0) is 13.3. The zero-order valence-corrected chi connectivity index (χ0v) is 10.7. The van der Waals surface area contributed by atoms with Crippen molar-refractivity contribution < 1.29 is 4.92 Å². The molecule has 0 saturated carbocycles. The van der Waals surface area contributed by atoms with E-state index in [0.717, 1.165) is 5.56 Å². The Balaban J connectivity index is 2.67. The molecule has 0 N–H and O–H groups in total. The summed E-state index contributed by atoms with van der Waals surface area (Å²) in [4.78, 5) is 17.9. The van der Waals surface area contributed by atoms with Crippen LogP contribution < -0.4 is 0 Å². The van der Waals surface area contributed by atoms with Gasteiger partial charge in [-0.25, -0.2) is 9.97 Å². The van der Waals surface area contributed by atoms with Crippen molar-refractivity contribution >= 4 is 28.9 Å². The Morgan fingerprint density at radius 3 is 2.61 bits per heavy atom. The average molecular weight is 284 g/mol. The van der Waals surface area contributed by atoms with Crippen LogP contribution >= 0.6 is 23.2 Å². The lowest BCUT2D eigenvalue weighted by molar-refractivity contribution is -0.384. The number of halogens is 2. The quantitative estimate of drug-likeness (QED) is 0.479. The van der Waals surface area contributed by atoms with E-state index in [1.807, 2.05) is 6.92 Å². The molecule has 0 aliphatic heterocycles. The highest BCUT2D eigenvalue weighted by Crippen LogP contribution is 2.33. The molecule has 5 nitrogen and oxygen atoms in total. The maximum absolute atomic E-state index is 11.0. The lowest BCUT2D eigenvalue weighted by Crippen LogP contribution is -1.97. The second-order valence-corrected chi connectivity index (χ2v) is 4.35. The molecule has 7 heteroatoms. The third kappa shape index (κ3) is 2.27. The van der Waals surface area contributed by atoms with Gasteiger partial charge in [0.1, 0.15) is 6.33 Å². The molecule has 0 bridgehead atoms. The van der Waals surface area contributed by atoms with Crippen molar-refractivity contribution in [2.45, 2.75) is 6.92 Å². The number of aryl methyl sites for hydroxylation is 1. The van der Waals surface area contributed by atoms with Gasteiger partial charge in [0.05, 0.1) is 4.92 Å². The Kier molecular flexibility index (Phi) is 3.45. The molecule has 1 heterocycles. The van der Waals surface area contributed by atoms with Crippen molar-refractivity contribution in [3.8, 4) is 11.3 Å². The van der Waals surface area contributed by atoms with Crippen LogP contribution in [0.2, 0.25) is 10.2 Å². The third-order valence-corrected chi connectivity index (χ3v) is 3.09. The molecule has 0 fully saturated rings. The Morgan fingerprint density at radius 2 is 2.00 bits per heavy atom. The van der Waals surface area contributed by atoms with Crippen molar-refractivity contribution in [2.24, 2.45) is 0 Å². The average Bonchev–Trinajstić information content (AvgIpc) is 2.32. The minimum atomic E-state index is -0.606. The molecule has 1 aromatic heterocycles. The molecule has 0 saturated heterocycles. The highest BCUT2D eigenvalue weighted by molar-refractivity contribution is 6.32. The largest absolute Gasteiger partial charge is 0.332 e. The fraction of sp³-hybridized carbons (Fsp3) is 0.0909. The van der Waals surface area contributed by atoms with Crippen LogP contribution in [-0.4, -0.2) is 14.9 Å². The van der Waals surface area contributed by atoms with Crippen LogP contribution in [0.4, 0.5) is 5.69 Å². The molecule has 0 aliphatic rings. The monoisotopic (exact) mass is 283 g/mol. The first-order valence-corrected chi connectivity index (χ1v) is 5.67. The molecule has 2 rings (SSSR count). The summed E-state index contributed by atoms with van der Waals surface area (Å²) in [5.74, 6) is 0. The molecule has 0 atom stereocenters. The normalized spacial score (nSPS) is 10.4. The summed E-state index contributed by atoms with van der Waals surface area (Å²) < 4.78 is 0. The summed E-state index contributed by atoms with van der Waals surface area (Å²) in [6.45, 7) is 1.84. The van der Waals surface area contributed by atoms with Crippen LogP contribution in [0.25, 0.3) is 11.3 Å². The molecular formula is C11H7Cl2N3O2. The molecule has 0 radical (unpaired) electrons. The van der Waals surface area contributed by atoms with Crippen molar-refractivity contribution in [3.05, 3.63) is 50.4 Å². The van der Waals surface area contributed by atoms with Gasteiger partial charge in [-0.2, -0.15) is 0 Å². The van der Waals surface area contributed by atoms with Crippen LogP contribution in [0.5, 0.6) is 0 Å². The molecule has 0 amide bonds. The molecule has 0 spiro atoms. The smallest absolute Gasteiger partial charge is 0.258 e. The molecule has 0 aliphatic carbocycles. The van der Waals surface area contributed by atoms with Crippen molar-refractivity contribution in [1.82, 2.24) is 9.97 Å². The second kappa shape index (κ2) is 4.88. The summed E-state index contributed by atoms with van der Waals surface area (Å²) in [7, 11) is 0. The molecule has 1 aromatic carbocycles. The van der Waals surface area contributed by atoms with Crippen LogP contribution in [0.15, 0.2) is 24.5 Å². The van der Waals surface area contributed by atoms with Gasteiger partial charge in [0.2, 0.25) is 5.15 Å². The lowest BCUT2D eigenvalue weighted by atomic mass is 10.1. The van der Waals surface area contributed by atoms with Crippen LogP contribution in [0.1, 0.15) is 5.56 Å². The van der Waals surface area contributed by atoms with E-state index in [9.17, 15) is 10.1 Å². The Morgan fingerprint density at radius 1 is 1.28 bits per heavy atom. The van der Waals surface area contributed by atoms with Crippen LogP contribution in [-0.2, 0) is 0 Å². The summed E-state index contributed by atoms with van der Waals surface area (Å²) in [5, 5.41) is 11.3. The molecule has 0 unspecified atom stereocenters. The van der Waals surface area contributed by atoms with E-state index in [4.69, 9.17) is 23.2 Å². The third-order valence-electron chi connectivity index (χ3n) is 2.41. The summed E-state index contributed by atoms with van der Waals surface area (Å²) in [6.07, 6.45) is 1.18. The van der Waals surface area contributed by atoms with E-state index in [-0.39, 0.29) is 16.5 Å². The highest BCUT2D eigenvalue weighted by Gasteiger charge is 2.22. The number of nitrogens with zero attached hydrogens (tertiary/aromatic N) is 3. The van der Waals surface area contributed by atoms with Gasteiger partial charge in [0.15, 0.2) is 5.69 Å². The Bertz CT molecular complexity index is 632. The first kappa shape index (κ1) is 12.7. The van der Waals surface area contributed by atoms with Crippen molar-refractivity contribution in [2.75, 3.05) is 0 Å². The number of hydrogen-bond acceptors (Lipinski definition) is 4. The minimum Gasteiger partial charge on any atom is -0.258 e. The van der Waals surface area contributed by atoms with E-state index in [2.05, 4.69) is 9.97 Å². The maximum Gasteiger partial charge on any atom is 0.332 e. The molecule has 92 valence electrons. The van der Waals surface area contributed by atoms with Gasteiger partial charge in [-0.05, 0) is 18.6 Å². The fourth-order valence-electron chi connectivity index (χ4n) is 1.47. The summed E-state index contributed by atoms with van der Waals surface area (Å²) in [6, 6.07) is 5.08. The number of hydrogen-bond donors (Lipinski definition) is 0. The molecular weight excluding hydrogens is 277 g/mol. The maximum atomic E-state index is 11.0. The standard InChI is InChI=1S/C11H7Cl2N3O2/c1-6-2-3-7(4-8(6)12)9-10(16(17)18)11(13)15-5-14-9/h2-5H,1H3. The predicted octanol–water partition coefficient (Wildman–Crippen LogP) is 3.67. The van der Waals surface area contributed by atoms with Gasteiger partial charge in [0, 0.05) is 10.6 Å². The zero-order valence-electron chi connectivity index (χ0n) is 9.22. The van der Waals surface area contributed by atoms with Crippen molar-refractivity contribution in [3.63, 3.8) is 0 Å². The van der Waals surface area contributed by atoms with Gasteiger partial charge in [-0.15, -0.1) is 0 Å². The van der Waals surface area contributed by atoms with E-state index < -0.39 is 4.92 Å². The van der Waals surface area contributed by atoms with Crippen LogP contribution in [0, 0.1) is 17.0 Å². The van der Waals surface area contributed by atoms with E-state index in [0.29, 0.717) is 10.6 Å². The first-order chi connectivity index (χ1) is 8.50. The van der Waals surface area contributed by atoms with Crippen molar-refractivity contribution in [1.29, 1.82) is 0 Å². The lowest BCUT2D eigenvalue weighted by Gasteiger charge is -2.04. The summed E-state index contributed by atoms with van der Waals surface area (Å²) >= 11 is 11.7. The first-order valence-electron chi connectivity index (χ1n) is 4.92. The van der Waals surface area contributed by atoms with Gasteiger partial charge >= 0.3 is 5.69 Å². The topological polar surface area (TPSA) is 68.9 Å². The highest BCUT2D eigenvalue weighted by atomic mass is 35.5. The van der Waals surface area contributed by atoms with E-state index >= 15 is 0 Å². The number of benzene rings is 1. The Hall–Kier alpha value is -1.72. The number of aromatic nitrogens is 2. The fourth-order valence-corrected chi connectivity index (χ4v) is 1.85. The van der Waals surface area contributed by atoms with E-state index in [1.165, 1.54) is 6.33 Å².